The molecule has 0 atom stereocenters. The van der Waals surface area contributed by atoms with E-state index < -0.39 is 10.0 Å². The molecule has 1 aromatic rings. The molecule has 16 heavy (non-hydrogen) atoms. The number of aliphatic hydroxyl groups excluding tert-OH is 1. The van der Waals surface area contributed by atoms with E-state index in [0.29, 0.717) is 0 Å². The Morgan fingerprint density at radius 3 is 2.44 bits per heavy atom. The molecule has 0 amide bonds. The van der Waals surface area contributed by atoms with Gasteiger partial charge in [-0.15, -0.1) is 0 Å². The molecule has 0 radical (unpaired) electrons. The van der Waals surface area contributed by atoms with Crippen LogP contribution in [-0.4, -0.2) is 26.4 Å². The van der Waals surface area contributed by atoms with E-state index in [-0.39, 0.29) is 13.2 Å². The molecule has 0 saturated heterocycles. The van der Waals surface area contributed by atoms with Crippen molar-refractivity contribution < 1.29 is 13.5 Å². The van der Waals surface area contributed by atoms with Crippen molar-refractivity contribution in [2.75, 3.05) is 12.9 Å². The molecule has 0 unspecified atom stereocenters. The number of rotatable bonds is 3. The predicted octanol–water partition coefficient (Wildman–Crippen LogP) is 0.0796. The third kappa shape index (κ3) is 4.94. The van der Waals surface area contributed by atoms with Gasteiger partial charge in [0.15, 0.2) is 0 Å². The molecule has 0 heterocycles. The second kappa shape index (κ2) is 5.66. The van der Waals surface area contributed by atoms with Crippen LogP contribution in [0, 0.1) is 11.8 Å². The second-order valence-corrected chi connectivity index (χ2v) is 5.08. The molecule has 1 aromatic carbocycles. The van der Waals surface area contributed by atoms with Gasteiger partial charge in [0.05, 0.1) is 6.26 Å². The normalized spacial score (nSPS) is 10.6. The maximum atomic E-state index is 10.9. The van der Waals surface area contributed by atoms with E-state index in [1.165, 1.54) is 0 Å². The SMILES string of the molecule is CS(=O)(=O)NCc1ccc(C#CCO)cc1. The van der Waals surface area contributed by atoms with Crippen LogP contribution in [0.25, 0.3) is 0 Å². The molecular weight excluding hydrogens is 226 g/mol. The maximum absolute atomic E-state index is 10.9. The van der Waals surface area contributed by atoms with Crippen LogP contribution in [-0.2, 0) is 16.6 Å². The monoisotopic (exact) mass is 239 g/mol. The Bertz CT molecular complexity index is 494. The van der Waals surface area contributed by atoms with Crippen molar-refractivity contribution in [1.82, 2.24) is 4.72 Å². The van der Waals surface area contributed by atoms with E-state index in [0.717, 1.165) is 17.4 Å². The number of hydrogen-bond acceptors (Lipinski definition) is 3. The van der Waals surface area contributed by atoms with Crippen LogP contribution >= 0.6 is 0 Å². The Balaban J connectivity index is 2.65. The van der Waals surface area contributed by atoms with Crippen LogP contribution in [0.1, 0.15) is 11.1 Å². The number of aliphatic hydroxyl groups is 1. The highest BCUT2D eigenvalue weighted by Crippen LogP contribution is 2.03. The predicted molar refractivity (Wildman–Crippen MR) is 62.1 cm³/mol. The fourth-order valence-corrected chi connectivity index (χ4v) is 1.49. The molecule has 0 bridgehead atoms. The highest BCUT2D eigenvalue weighted by Gasteiger charge is 2.00. The highest BCUT2D eigenvalue weighted by molar-refractivity contribution is 7.88. The first-order chi connectivity index (χ1) is 7.51. The average Bonchev–Trinajstić information content (AvgIpc) is 2.24. The van der Waals surface area contributed by atoms with E-state index in [1.807, 2.05) is 0 Å². The summed E-state index contributed by atoms with van der Waals surface area (Å²) in [6, 6.07) is 7.14. The quantitative estimate of drug-likeness (QED) is 0.734. The lowest BCUT2D eigenvalue weighted by molar-refractivity contribution is 0.350. The van der Waals surface area contributed by atoms with Gasteiger partial charge >= 0.3 is 0 Å². The van der Waals surface area contributed by atoms with Crippen molar-refractivity contribution in [2.45, 2.75) is 6.54 Å². The first kappa shape index (κ1) is 12.7. The first-order valence-electron chi connectivity index (χ1n) is 4.64. The smallest absolute Gasteiger partial charge is 0.209 e. The van der Waals surface area contributed by atoms with Gasteiger partial charge in [0, 0.05) is 12.1 Å². The molecule has 0 aliphatic heterocycles. The van der Waals surface area contributed by atoms with Crippen molar-refractivity contribution in [3.8, 4) is 11.8 Å². The summed E-state index contributed by atoms with van der Waals surface area (Å²) in [4.78, 5) is 0. The van der Waals surface area contributed by atoms with Gasteiger partial charge in [0.2, 0.25) is 10.0 Å². The van der Waals surface area contributed by atoms with Gasteiger partial charge in [-0.3, -0.25) is 0 Å². The third-order valence-corrected chi connectivity index (χ3v) is 2.47. The van der Waals surface area contributed by atoms with Crippen molar-refractivity contribution in [1.29, 1.82) is 0 Å². The van der Waals surface area contributed by atoms with Crippen LogP contribution in [0.4, 0.5) is 0 Å². The fourth-order valence-electron chi connectivity index (χ4n) is 1.06. The number of hydrogen-bond donors (Lipinski definition) is 2. The van der Waals surface area contributed by atoms with Gasteiger partial charge in [-0.05, 0) is 17.7 Å². The zero-order chi connectivity index (χ0) is 12.0. The Morgan fingerprint density at radius 1 is 1.31 bits per heavy atom. The lowest BCUT2D eigenvalue weighted by Crippen LogP contribution is -2.21. The molecule has 4 nitrogen and oxygen atoms in total. The molecule has 5 heteroatoms. The van der Waals surface area contributed by atoms with Crippen LogP contribution in [0.2, 0.25) is 0 Å². The highest BCUT2D eigenvalue weighted by atomic mass is 32.2. The first-order valence-corrected chi connectivity index (χ1v) is 6.54. The van der Waals surface area contributed by atoms with Gasteiger partial charge in [-0.25, -0.2) is 13.1 Å². The largest absolute Gasteiger partial charge is 0.384 e. The summed E-state index contributed by atoms with van der Waals surface area (Å²) in [5.74, 6) is 5.29. The fraction of sp³-hybridized carbons (Fsp3) is 0.273. The van der Waals surface area contributed by atoms with Gasteiger partial charge in [0.25, 0.3) is 0 Å². The second-order valence-electron chi connectivity index (χ2n) is 3.25. The summed E-state index contributed by atoms with van der Waals surface area (Å²) in [6.07, 6.45) is 1.12. The number of nitrogens with one attached hydrogen (secondary N) is 1. The minimum Gasteiger partial charge on any atom is -0.384 e. The van der Waals surface area contributed by atoms with Crippen LogP contribution in [0.3, 0.4) is 0 Å². The minimum atomic E-state index is -3.16. The van der Waals surface area contributed by atoms with Gasteiger partial charge < -0.3 is 5.11 Å². The number of sulfonamides is 1. The summed E-state index contributed by atoms with van der Waals surface area (Å²) < 4.78 is 24.1. The summed E-state index contributed by atoms with van der Waals surface area (Å²) in [7, 11) is -3.16. The maximum Gasteiger partial charge on any atom is 0.209 e. The van der Waals surface area contributed by atoms with Crippen LogP contribution in [0.15, 0.2) is 24.3 Å². The average molecular weight is 239 g/mol. The Labute approximate surface area is 95.4 Å². The summed E-state index contributed by atoms with van der Waals surface area (Å²) in [6.45, 7) is 0.101. The van der Waals surface area contributed by atoms with Gasteiger partial charge in [-0.2, -0.15) is 0 Å². The third-order valence-electron chi connectivity index (χ3n) is 1.80. The standard InChI is InChI=1S/C11H13NO3S/c1-16(14,15)12-9-11-6-4-10(5-7-11)3-2-8-13/h4-7,12-13H,8-9H2,1H3. The Kier molecular flexibility index (Phi) is 4.50. The lowest BCUT2D eigenvalue weighted by atomic mass is 10.1. The van der Waals surface area contributed by atoms with Gasteiger partial charge in [-0.1, -0.05) is 24.0 Å². The minimum absolute atomic E-state index is 0.169. The molecule has 0 spiro atoms. The molecule has 0 aliphatic rings. The van der Waals surface area contributed by atoms with E-state index >= 15 is 0 Å². The lowest BCUT2D eigenvalue weighted by Gasteiger charge is -2.02. The summed E-state index contributed by atoms with van der Waals surface area (Å²) in [5, 5.41) is 8.51. The topological polar surface area (TPSA) is 66.4 Å². The summed E-state index contributed by atoms with van der Waals surface area (Å²) in [5.41, 5.74) is 1.65. The Hall–Kier alpha value is -1.35. The Morgan fingerprint density at radius 2 is 1.94 bits per heavy atom. The molecule has 0 saturated carbocycles. The van der Waals surface area contributed by atoms with Crippen molar-refractivity contribution in [3.05, 3.63) is 35.4 Å². The molecule has 0 aromatic heterocycles. The van der Waals surface area contributed by atoms with E-state index in [2.05, 4.69) is 16.6 Å². The number of benzene rings is 1. The van der Waals surface area contributed by atoms with Crippen molar-refractivity contribution >= 4 is 10.0 Å². The molecule has 0 fully saturated rings. The van der Waals surface area contributed by atoms with E-state index in [4.69, 9.17) is 5.11 Å². The zero-order valence-corrected chi connectivity index (χ0v) is 9.71. The molecular formula is C11H13NO3S. The van der Waals surface area contributed by atoms with E-state index in [1.54, 1.807) is 24.3 Å². The molecule has 1 rings (SSSR count). The van der Waals surface area contributed by atoms with E-state index in [9.17, 15) is 8.42 Å². The van der Waals surface area contributed by atoms with Gasteiger partial charge in [0.1, 0.15) is 6.61 Å². The zero-order valence-electron chi connectivity index (χ0n) is 8.90. The molecule has 0 aliphatic carbocycles. The summed E-state index contributed by atoms with van der Waals surface area (Å²) >= 11 is 0. The van der Waals surface area contributed by atoms with Crippen LogP contribution in [0.5, 0.6) is 0 Å². The van der Waals surface area contributed by atoms with Crippen LogP contribution < -0.4 is 4.72 Å². The van der Waals surface area contributed by atoms with Crippen molar-refractivity contribution in [3.63, 3.8) is 0 Å². The van der Waals surface area contributed by atoms with Crippen molar-refractivity contribution in [2.24, 2.45) is 0 Å². The molecule has 86 valence electrons. The molecule has 2 N–H and O–H groups in total.